The van der Waals surface area contributed by atoms with Gasteiger partial charge in [0.05, 0.1) is 12.1 Å². The Hall–Kier alpha value is -1.30. The number of hydrogen-bond acceptors (Lipinski definition) is 3. The number of hydrogen-bond donors (Lipinski definition) is 2. The van der Waals surface area contributed by atoms with Gasteiger partial charge in [-0.25, -0.2) is 9.59 Å². The summed E-state index contributed by atoms with van der Waals surface area (Å²) in [7, 11) is 1.57. The molecule has 1 aliphatic heterocycles. The van der Waals surface area contributed by atoms with E-state index in [9.17, 15) is 14.7 Å². The molecule has 6 heteroatoms. The first-order chi connectivity index (χ1) is 8.73. The summed E-state index contributed by atoms with van der Waals surface area (Å²) >= 11 is 0. The number of carboxylic acids is 1. The fourth-order valence-corrected chi connectivity index (χ4v) is 2.42. The SMILES string of the molecule is COCC(C)(C)NC(=O)N1CCCCC1(C)C(=O)O. The topological polar surface area (TPSA) is 78.9 Å². The van der Waals surface area contributed by atoms with E-state index in [-0.39, 0.29) is 6.03 Å². The molecule has 1 fully saturated rings. The number of aliphatic carboxylic acids is 1. The van der Waals surface area contributed by atoms with Crippen LogP contribution in [0.5, 0.6) is 0 Å². The molecule has 110 valence electrons. The van der Waals surface area contributed by atoms with Gasteiger partial charge in [0.2, 0.25) is 0 Å². The Bertz CT molecular complexity index is 357. The van der Waals surface area contributed by atoms with Gasteiger partial charge in [0.1, 0.15) is 5.54 Å². The Labute approximate surface area is 114 Å². The highest BCUT2D eigenvalue weighted by Gasteiger charge is 2.44. The van der Waals surface area contributed by atoms with Gasteiger partial charge < -0.3 is 20.1 Å². The normalized spacial score (nSPS) is 24.1. The van der Waals surface area contributed by atoms with Gasteiger partial charge >= 0.3 is 12.0 Å². The monoisotopic (exact) mass is 272 g/mol. The zero-order valence-corrected chi connectivity index (χ0v) is 12.2. The Morgan fingerprint density at radius 2 is 2.05 bits per heavy atom. The lowest BCUT2D eigenvalue weighted by atomic mass is 9.88. The standard InChI is InChI=1S/C13H24N2O4/c1-12(2,9-19-4)14-11(18)15-8-6-5-7-13(15,3)10(16)17/h5-9H2,1-4H3,(H,14,18)(H,16,17). The van der Waals surface area contributed by atoms with Gasteiger partial charge in [-0.1, -0.05) is 0 Å². The number of rotatable bonds is 4. The summed E-state index contributed by atoms with van der Waals surface area (Å²) < 4.78 is 5.04. The average Bonchev–Trinajstić information content (AvgIpc) is 2.28. The molecule has 1 rings (SSSR count). The van der Waals surface area contributed by atoms with Crippen LogP contribution in [-0.4, -0.2) is 53.3 Å². The minimum absolute atomic E-state index is 0.341. The maximum absolute atomic E-state index is 12.3. The van der Waals surface area contributed by atoms with E-state index in [1.165, 1.54) is 4.90 Å². The molecule has 0 saturated carbocycles. The number of carboxylic acid groups (broad SMARTS) is 1. The molecule has 1 aliphatic rings. The van der Waals surface area contributed by atoms with Crippen molar-refractivity contribution in [1.82, 2.24) is 10.2 Å². The summed E-state index contributed by atoms with van der Waals surface area (Å²) in [5.74, 6) is -0.952. The molecule has 0 aromatic carbocycles. The van der Waals surface area contributed by atoms with Crippen LogP contribution in [0.3, 0.4) is 0 Å². The third-order valence-corrected chi connectivity index (χ3v) is 3.55. The van der Waals surface area contributed by atoms with Crippen molar-refractivity contribution >= 4 is 12.0 Å². The Balaban J connectivity index is 2.81. The first kappa shape index (κ1) is 15.8. The van der Waals surface area contributed by atoms with Crippen LogP contribution in [0.25, 0.3) is 0 Å². The number of urea groups is 1. The van der Waals surface area contributed by atoms with Crippen LogP contribution in [-0.2, 0) is 9.53 Å². The summed E-state index contributed by atoms with van der Waals surface area (Å²) in [4.78, 5) is 25.2. The second-order valence-electron chi connectivity index (χ2n) is 5.93. The minimum Gasteiger partial charge on any atom is -0.480 e. The molecule has 0 aromatic rings. The van der Waals surface area contributed by atoms with E-state index >= 15 is 0 Å². The van der Waals surface area contributed by atoms with Crippen molar-refractivity contribution in [3.63, 3.8) is 0 Å². The molecule has 19 heavy (non-hydrogen) atoms. The van der Waals surface area contributed by atoms with Gasteiger partial charge in [-0.05, 0) is 40.0 Å². The molecular formula is C13H24N2O4. The largest absolute Gasteiger partial charge is 0.480 e. The lowest BCUT2D eigenvalue weighted by Crippen LogP contribution is -2.62. The summed E-state index contributed by atoms with van der Waals surface area (Å²) in [5, 5.41) is 12.2. The van der Waals surface area contributed by atoms with Crippen molar-refractivity contribution < 1.29 is 19.4 Å². The number of carbonyl (C=O) groups is 2. The second-order valence-corrected chi connectivity index (χ2v) is 5.93. The molecule has 0 aliphatic carbocycles. The number of piperidine rings is 1. The maximum Gasteiger partial charge on any atom is 0.329 e. The van der Waals surface area contributed by atoms with Crippen LogP contribution in [0.4, 0.5) is 4.79 Å². The highest BCUT2D eigenvalue weighted by atomic mass is 16.5. The molecule has 0 aromatic heterocycles. The summed E-state index contributed by atoms with van der Waals surface area (Å²) in [6.45, 7) is 6.14. The quantitative estimate of drug-likeness (QED) is 0.812. The van der Waals surface area contributed by atoms with E-state index in [1.807, 2.05) is 13.8 Å². The maximum atomic E-state index is 12.3. The second kappa shape index (κ2) is 5.77. The number of likely N-dealkylation sites (tertiary alicyclic amines) is 1. The number of methoxy groups -OCH3 is 1. The highest BCUT2D eigenvalue weighted by molar-refractivity contribution is 5.86. The van der Waals surface area contributed by atoms with Gasteiger partial charge in [0.15, 0.2) is 0 Å². The minimum atomic E-state index is -1.12. The van der Waals surface area contributed by atoms with Crippen LogP contribution in [0, 0.1) is 0 Å². The molecule has 1 atom stereocenters. The predicted molar refractivity (Wildman–Crippen MR) is 71.1 cm³/mol. The predicted octanol–water partition coefficient (Wildman–Crippen LogP) is 1.45. The van der Waals surface area contributed by atoms with Crippen LogP contribution in [0.1, 0.15) is 40.0 Å². The van der Waals surface area contributed by atoms with E-state index in [0.29, 0.717) is 19.6 Å². The third-order valence-electron chi connectivity index (χ3n) is 3.55. The molecule has 1 heterocycles. The van der Waals surface area contributed by atoms with Crippen molar-refractivity contribution in [2.75, 3.05) is 20.3 Å². The molecule has 2 amide bonds. The Kier molecular flexibility index (Phi) is 4.79. The van der Waals surface area contributed by atoms with E-state index in [1.54, 1.807) is 14.0 Å². The van der Waals surface area contributed by atoms with Crippen molar-refractivity contribution in [3.05, 3.63) is 0 Å². The van der Waals surface area contributed by atoms with Gasteiger partial charge in [0.25, 0.3) is 0 Å². The molecule has 0 radical (unpaired) electrons. The smallest absolute Gasteiger partial charge is 0.329 e. The first-order valence-corrected chi connectivity index (χ1v) is 6.55. The van der Waals surface area contributed by atoms with E-state index in [2.05, 4.69) is 5.32 Å². The lowest BCUT2D eigenvalue weighted by molar-refractivity contribution is -0.150. The molecule has 0 spiro atoms. The van der Waals surface area contributed by atoms with Crippen molar-refractivity contribution in [1.29, 1.82) is 0 Å². The van der Waals surface area contributed by atoms with Gasteiger partial charge in [-0.2, -0.15) is 0 Å². The molecule has 1 saturated heterocycles. The number of nitrogens with one attached hydrogen (secondary N) is 1. The fourth-order valence-electron chi connectivity index (χ4n) is 2.42. The Morgan fingerprint density at radius 1 is 1.42 bits per heavy atom. The van der Waals surface area contributed by atoms with Gasteiger partial charge in [-0.15, -0.1) is 0 Å². The van der Waals surface area contributed by atoms with Gasteiger partial charge in [0, 0.05) is 13.7 Å². The lowest BCUT2D eigenvalue weighted by Gasteiger charge is -2.43. The zero-order chi connectivity index (χ0) is 14.7. The van der Waals surface area contributed by atoms with Crippen LogP contribution in [0.2, 0.25) is 0 Å². The zero-order valence-electron chi connectivity index (χ0n) is 12.2. The number of ether oxygens (including phenoxy) is 1. The molecule has 2 N–H and O–H groups in total. The third kappa shape index (κ3) is 3.59. The molecule has 1 unspecified atom stereocenters. The summed E-state index contributed by atoms with van der Waals surface area (Å²) in [6, 6.07) is -0.341. The number of nitrogens with zero attached hydrogens (tertiary/aromatic N) is 1. The summed E-state index contributed by atoms with van der Waals surface area (Å²) in [6.07, 6.45) is 2.15. The van der Waals surface area contributed by atoms with E-state index in [4.69, 9.17) is 4.74 Å². The molecular weight excluding hydrogens is 248 g/mol. The van der Waals surface area contributed by atoms with Crippen LogP contribution >= 0.6 is 0 Å². The van der Waals surface area contributed by atoms with Crippen LogP contribution < -0.4 is 5.32 Å². The van der Waals surface area contributed by atoms with Crippen molar-refractivity contribution in [2.24, 2.45) is 0 Å². The highest BCUT2D eigenvalue weighted by Crippen LogP contribution is 2.28. The van der Waals surface area contributed by atoms with E-state index < -0.39 is 17.0 Å². The van der Waals surface area contributed by atoms with Crippen molar-refractivity contribution in [2.45, 2.75) is 51.1 Å². The molecule has 0 bridgehead atoms. The number of carbonyl (C=O) groups excluding carboxylic acids is 1. The van der Waals surface area contributed by atoms with Crippen LogP contribution in [0.15, 0.2) is 0 Å². The summed E-state index contributed by atoms with van der Waals surface area (Å²) in [5.41, 5.74) is -1.64. The Morgan fingerprint density at radius 3 is 2.58 bits per heavy atom. The van der Waals surface area contributed by atoms with E-state index in [0.717, 1.165) is 12.8 Å². The average molecular weight is 272 g/mol. The van der Waals surface area contributed by atoms with Crippen molar-refractivity contribution in [3.8, 4) is 0 Å². The van der Waals surface area contributed by atoms with Gasteiger partial charge in [-0.3, -0.25) is 0 Å². The first-order valence-electron chi connectivity index (χ1n) is 6.55. The number of amides is 2. The molecule has 6 nitrogen and oxygen atoms in total. The fraction of sp³-hybridized carbons (Fsp3) is 0.846.